The number of carbonyl (C=O) groups excluding carboxylic acids is 1. The second-order valence-electron chi connectivity index (χ2n) is 9.77. The van der Waals surface area contributed by atoms with Gasteiger partial charge >= 0.3 is 12.3 Å². The van der Waals surface area contributed by atoms with Gasteiger partial charge in [-0.1, -0.05) is 11.3 Å². The number of aromatic nitrogens is 5. The Balaban J connectivity index is 1.36. The molecule has 1 aromatic carbocycles. The van der Waals surface area contributed by atoms with Gasteiger partial charge in [0.2, 0.25) is 0 Å². The zero-order valence-corrected chi connectivity index (χ0v) is 20.6. The molecule has 0 unspecified atom stereocenters. The standard InChI is InChI=1S/C23H25F3N6O2S/c1-22(2,3)34-21(33)31-7-5-13(6-8-31)17-11-32-12-18(35-20(32)27-17)14-9-15(23(24,25)26)19-16(10-14)28-30(4)29-19/h9-13H,5-8H2,1-4H3. The quantitative estimate of drug-likeness (QED) is 0.360. The van der Waals surface area contributed by atoms with Gasteiger partial charge < -0.3 is 9.64 Å². The minimum Gasteiger partial charge on any atom is -0.444 e. The van der Waals surface area contributed by atoms with Crippen molar-refractivity contribution in [3.8, 4) is 10.4 Å². The van der Waals surface area contributed by atoms with Gasteiger partial charge in [-0.15, -0.1) is 0 Å². The number of fused-ring (bicyclic) bond motifs is 2. The Morgan fingerprint density at radius 2 is 1.83 bits per heavy atom. The second kappa shape index (κ2) is 8.21. The van der Waals surface area contributed by atoms with Crippen LogP contribution >= 0.6 is 11.3 Å². The summed E-state index contributed by atoms with van der Waals surface area (Å²) in [7, 11) is 1.50. The van der Waals surface area contributed by atoms with Crippen LogP contribution in [0.15, 0.2) is 24.5 Å². The molecule has 1 amide bonds. The number of piperidine rings is 1. The van der Waals surface area contributed by atoms with Gasteiger partial charge in [0.25, 0.3) is 0 Å². The average molecular weight is 507 g/mol. The van der Waals surface area contributed by atoms with Crippen LogP contribution in [0.25, 0.3) is 26.4 Å². The molecule has 35 heavy (non-hydrogen) atoms. The van der Waals surface area contributed by atoms with Crippen LogP contribution in [0.1, 0.15) is 50.8 Å². The molecule has 8 nitrogen and oxygen atoms in total. The number of nitrogens with zero attached hydrogens (tertiary/aromatic N) is 6. The second-order valence-corrected chi connectivity index (χ2v) is 10.8. The molecule has 0 spiro atoms. The van der Waals surface area contributed by atoms with Crippen LogP contribution in [0.2, 0.25) is 0 Å². The number of rotatable bonds is 2. The van der Waals surface area contributed by atoms with Crippen molar-refractivity contribution < 1.29 is 22.7 Å². The zero-order chi connectivity index (χ0) is 25.1. The van der Waals surface area contributed by atoms with Crippen LogP contribution in [-0.2, 0) is 18.0 Å². The van der Waals surface area contributed by atoms with Crippen LogP contribution in [0, 0.1) is 0 Å². The summed E-state index contributed by atoms with van der Waals surface area (Å²) in [6.45, 7) is 6.72. The minimum atomic E-state index is -4.54. The van der Waals surface area contributed by atoms with Crippen molar-refractivity contribution in [2.24, 2.45) is 7.05 Å². The molecule has 1 aliphatic heterocycles. The largest absolute Gasteiger partial charge is 0.444 e. The maximum atomic E-state index is 13.7. The number of amides is 1. The minimum absolute atomic E-state index is 0.162. The first-order chi connectivity index (χ1) is 16.4. The lowest BCUT2D eigenvalue weighted by atomic mass is 9.94. The molecule has 186 valence electrons. The molecule has 1 saturated heterocycles. The highest BCUT2D eigenvalue weighted by Crippen LogP contribution is 2.39. The summed E-state index contributed by atoms with van der Waals surface area (Å²) in [6.07, 6.45) is 0.427. The predicted octanol–water partition coefficient (Wildman–Crippen LogP) is 5.48. The molecule has 1 aliphatic rings. The number of likely N-dealkylation sites (tertiary alicyclic amines) is 1. The number of alkyl halides is 3. The summed E-state index contributed by atoms with van der Waals surface area (Å²) in [6, 6.07) is 2.74. The van der Waals surface area contributed by atoms with Crippen LogP contribution in [0.5, 0.6) is 0 Å². The lowest BCUT2D eigenvalue weighted by Crippen LogP contribution is -2.41. The number of carbonyl (C=O) groups is 1. The molecule has 0 aliphatic carbocycles. The molecule has 0 atom stereocenters. The molecular weight excluding hydrogens is 481 g/mol. The van der Waals surface area contributed by atoms with E-state index in [9.17, 15) is 18.0 Å². The molecule has 0 N–H and O–H groups in total. The highest BCUT2D eigenvalue weighted by molar-refractivity contribution is 7.20. The predicted molar refractivity (Wildman–Crippen MR) is 125 cm³/mol. The van der Waals surface area contributed by atoms with Gasteiger partial charge in [-0.25, -0.2) is 9.78 Å². The first-order valence-corrected chi connectivity index (χ1v) is 12.1. The molecule has 12 heteroatoms. The Hall–Kier alpha value is -3.15. The molecule has 1 fully saturated rings. The molecule has 0 bridgehead atoms. The Labute approximate surface area is 203 Å². The van der Waals surface area contributed by atoms with Gasteiger partial charge in [0.15, 0.2) is 4.96 Å². The number of aryl methyl sites for hydroxylation is 1. The lowest BCUT2D eigenvalue weighted by Gasteiger charge is -2.32. The van der Waals surface area contributed by atoms with Crippen LogP contribution < -0.4 is 0 Å². The zero-order valence-electron chi connectivity index (χ0n) is 19.8. The number of ether oxygens (including phenoxy) is 1. The summed E-state index contributed by atoms with van der Waals surface area (Å²) in [5, 5.41) is 7.96. The first-order valence-electron chi connectivity index (χ1n) is 11.3. The van der Waals surface area contributed by atoms with E-state index in [0.717, 1.165) is 29.4 Å². The molecule has 4 heterocycles. The van der Waals surface area contributed by atoms with Gasteiger partial charge in [-0.05, 0) is 51.3 Å². The van der Waals surface area contributed by atoms with Gasteiger partial charge in [-0.2, -0.15) is 28.2 Å². The SMILES string of the molecule is Cn1nc2cc(-c3cn4cc(C5CCN(C(=O)OC(C)(C)C)CC5)nc4s3)cc(C(F)(F)F)c2n1. The van der Waals surface area contributed by atoms with Crippen molar-refractivity contribution in [2.45, 2.75) is 51.3 Å². The summed E-state index contributed by atoms with van der Waals surface area (Å²) >= 11 is 1.33. The van der Waals surface area contributed by atoms with Crippen molar-refractivity contribution >= 4 is 33.4 Å². The highest BCUT2D eigenvalue weighted by Gasteiger charge is 2.35. The van der Waals surface area contributed by atoms with Crippen molar-refractivity contribution in [3.05, 3.63) is 35.8 Å². The maximum absolute atomic E-state index is 13.7. The Kier molecular flexibility index (Phi) is 5.53. The van der Waals surface area contributed by atoms with Crippen molar-refractivity contribution in [1.82, 2.24) is 29.3 Å². The van der Waals surface area contributed by atoms with Crippen molar-refractivity contribution in [1.29, 1.82) is 0 Å². The third-order valence-corrected chi connectivity index (χ3v) is 6.96. The molecule has 3 aromatic heterocycles. The van der Waals surface area contributed by atoms with Crippen molar-refractivity contribution in [2.75, 3.05) is 13.1 Å². The molecule has 4 aromatic rings. The highest BCUT2D eigenvalue weighted by atomic mass is 32.1. The van der Waals surface area contributed by atoms with E-state index in [-0.39, 0.29) is 23.0 Å². The molecular formula is C23H25F3N6O2S. The topological polar surface area (TPSA) is 77.5 Å². The van der Waals surface area contributed by atoms with Gasteiger partial charge in [0.1, 0.15) is 16.6 Å². The summed E-state index contributed by atoms with van der Waals surface area (Å²) in [5.74, 6) is 0.206. The smallest absolute Gasteiger partial charge is 0.418 e. The van der Waals surface area contributed by atoms with E-state index in [4.69, 9.17) is 9.72 Å². The van der Waals surface area contributed by atoms with Crippen molar-refractivity contribution in [3.63, 3.8) is 0 Å². The normalized spacial score (nSPS) is 15.9. The van der Waals surface area contributed by atoms with Crippen LogP contribution in [0.4, 0.5) is 18.0 Å². The summed E-state index contributed by atoms with van der Waals surface area (Å²) in [4.78, 5) is 21.3. The number of halogens is 3. The Morgan fingerprint density at radius 3 is 2.46 bits per heavy atom. The third kappa shape index (κ3) is 4.71. The first kappa shape index (κ1) is 23.6. The Bertz CT molecular complexity index is 1380. The number of thiazole rings is 1. The maximum Gasteiger partial charge on any atom is 0.418 e. The van der Waals surface area contributed by atoms with Crippen LogP contribution in [-0.4, -0.2) is 54.1 Å². The third-order valence-electron chi connectivity index (χ3n) is 5.92. The van der Waals surface area contributed by atoms with E-state index in [0.29, 0.717) is 28.5 Å². The van der Waals surface area contributed by atoms with E-state index in [1.807, 2.05) is 31.4 Å². The number of benzene rings is 1. The fourth-order valence-electron chi connectivity index (χ4n) is 4.31. The van der Waals surface area contributed by atoms with E-state index < -0.39 is 17.3 Å². The van der Waals surface area contributed by atoms with E-state index in [1.54, 1.807) is 17.2 Å². The van der Waals surface area contributed by atoms with Gasteiger partial charge in [0.05, 0.1) is 16.1 Å². The summed E-state index contributed by atoms with van der Waals surface area (Å²) < 4.78 is 48.3. The van der Waals surface area contributed by atoms with Crippen LogP contribution in [0.3, 0.4) is 0 Å². The van der Waals surface area contributed by atoms with E-state index in [2.05, 4.69) is 10.2 Å². The monoisotopic (exact) mass is 506 g/mol. The van der Waals surface area contributed by atoms with E-state index >= 15 is 0 Å². The fraction of sp³-hybridized carbons (Fsp3) is 0.478. The van der Waals surface area contributed by atoms with Gasteiger partial charge in [-0.3, -0.25) is 4.40 Å². The van der Waals surface area contributed by atoms with E-state index in [1.165, 1.54) is 18.4 Å². The number of hydrogen-bond acceptors (Lipinski definition) is 6. The lowest BCUT2D eigenvalue weighted by molar-refractivity contribution is -0.136. The summed E-state index contributed by atoms with van der Waals surface area (Å²) in [5.41, 5.74) is 0.0470. The Morgan fingerprint density at radius 1 is 1.11 bits per heavy atom. The number of imidazole rings is 1. The molecule has 0 radical (unpaired) electrons. The molecule has 0 saturated carbocycles. The average Bonchev–Trinajstić information content (AvgIpc) is 3.42. The number of hydrogen-bond donors (Lipinski definition) is 0. The fourth-order valence-corrected chi connectivity index (χ4v) is 5.27. The van der Waals surface area contributed by atoms with Gasteiger partial charge in [0, 0.05) is 38.4 Å². The molecule has 5 rings (SSSR count).